The zero-order valence-electron chi connectivity index (χ0n) is 13.6. The number of hydrogen-bond acceptors (Lipinski definition) is 4. The molecule has 0 radical (unpaired) electrons. The summed E-state index contributed by atoms with van der Waals surface area (Å²) in [5.74, 6) is 0. The van der Waals surface area contributed by atoms with E-state index < -0.39 is 0 Å². The van der Waals surface area contributed by atoms with Gasteiger partial charge >= 0.3 is 0 Å². The van der Waals surface area contributed by atoms with E-state index in [1.807, 2.05) is 11.3 Å². The predicted octanol–water partition coefficient (Wildman–Crippen LogP) is 3.93. The zero-order chi connectivity index (χ0) is 14.8. The summed E-state index contributed by atoms with van der Waals surface area (Å²) in [5, 5.41) is 4.70. The van der Waals surface area contributed by atoms with Crippen molar-refractivity contribution >= 4 is 16.5 Å². The van der Waals surface area contributed by atoms with Gasteiger partial charge in [-0.15, -0.1) is 11.3 Å². The van der Waals surface area contributed by atoms with Gasteiger partial charge in [0.2, 0.25) is 0 Å². The average molecular weight is 295 g/mol. The quantitative estimate of drug-likeness (QED) is 0.892. The van der Waals surface area contributed by atoms with Gasteiger partial charge in [0.1, 0.15) is 0 Å². The van der Waals surface area contributed by atoms with E-state index in [9.17, 15) is 0 Å². The Labute approximate surface area is 127 Å². The van der Waals surface area contributed by atoms with Gasteiger partial charge in [0.05, 0.1) is 5.69 Å². The zero-order valence-corrected chi connectivity index (χ0v) is 14.4. The summed E-state index contributed by atoms with van der Waals surface area (Å²) < 4.78 is 0. The van der Waals surface area contributed by atoms with Crippen LogP contribution in [-0.4, -0.2) is 24.1 Å². The van der Waals surface area contributed by atoms with Crippen LogP contribution in [-0.2, 0) is 12.0 Å². The molecule has 0 bridgehead atoms. The summed E-state index contributed by atoms with van der Waals surface area (Å²) >= 11 is 1.90. The molecule has 1 fully saturated rings. The summed E-state index contributed by atoms with van der Waals surface area (Å²) in [6, 6.07) is 0.695. The minimum absolute atomic E-state index is 0.126. The van der Waals surface area contributed by atoms with E-state index in [4.69, 9.17) is 4.98 Å². The minimum Gasteiger partial charge on any atom is -0.345 e. The van der Waals surface area contributed by atoms with Crippen LogP contribution in [0.5, 0.6) is 0 Å². The Morgan fingerprint density at radius 3 is 2.70 bits per heavy atom. The maximum absolute atomic E-state index is 5.02. The lowest BCUT2D eigenvalue weighted by atomic mass is 9.91. The number of hydrogen-bond donors (Lipinski definition) is 1. The van der Waals surface area contributed by atoms with Gasteiger partial charge in [-0.05, 0) is 25.8 Å². The van der Waals surface area contributed by atoms with Crippen LogP contribution < -0.4 is 10.2 Å². The highest BCUT2D eigenvalue weighted by molar-refractivity contribution is 7.15. The molecule has 1 aromatic heterocycles. The Balaban J connectivity index is 2.28. The highest BCUT2D eigenvalue weighted by Gasteiger charge is 2.29. The van der Waals surface area contributed by atoms with Gasteiger partial charge in [-0.1, -0.05) is 34.6 Å². The first-order valence-corrected chi connectivity index (χ1v) is 8.76. The Hall–Kier alpha value is -0.610. The molecule has 1 aliphatic heterocycles. The monoisotopic (exact) mass is 295 g/mol. The van der Waals surface area contributed by atoms with Gasteiger partial charge in [0.25, 0.3) is 0 Å². The van der Waals surface area contributed by atoms with Gasteiger partial charge in [-0.25, -0.2) is 4.98 Å². The molecule has 1 unspecified atom stereocenters. The Kier molecular flexibility index (Phi) is 5.08. The first kappa shape index (κ1) is 15.8. The third-order valence-corrected chi connectivity index (χ3v) is 5.12. The Morgan fingerprint density at radius 2 is 2.10 bits per heavy atom. The van der Waals surface area contributed by atoms with Crippen molar-refractivity contribution in [3.63, 3.8) is 0 Å². The fourth-order valence-corrected chi connectivity index (χ4v) is 4.26. The number of rotatable bonds is 5. The van der Waals surface area contributed by atoms with Crippen molar-refractivity contribution in [3.8, 4) is 0 Å². The van der Waals surface area contributed by atoms with E-state index in [1.165, 1.54) is 41.5 Å². The molecule has 0 aliphatic carbocycles. The fourth-order valence-electron chi connectivity index (χ4n) is 2.92. The lowest BCUT2D eigenvalue weighted by molar-refractivity contribution is 0.559. The third kappa shape index (κ3) is 3.34. The first-order valence-electron chi connectivity index (χ1n) is 7.94. The van der Waals surface area contributed by atoms with Gasteiger partial charge in [0, 0.05) is 29.4 Å². The lowest BCUT2D eigenvalue weighted by Gasteiger charge is -2.23. The van der Waals surface area contributed by atoms with Crippen LogP contribution >= 0.6 is 11.3 Å². The van der Waals surface area contributed by atoms with Crippen LogP contribution in [0, 0.1) is 0 Å². The molecule has 2 rings (SSSR count). The van der Waals surface area contributed by atoms with Crippen molar-refractivity contribution in [1.29, 1.82) is 0 Å². The van der Waals surface area contributed by atoms with Gasteiger partial charge in [-0.2, -0.15) is 0 Å². The van der Waals surface area contributed by atoms with Crippen LogP contribution in [0.1, 0.15) is 64.5 Å². The van der Waals surface area contributed by atoms with Gasteiger partial charge in [0.15, 0.2) is 5.13 Å². The van der Waals surface area contributed by atoms with Crippen LogP contribution in [0.3, 0.4) is 0 Å². The topological polar surface area (TPSA) is 28.2 Å². The third-order valence-electron chi connectivity index (χ3n) is 4.03. The molecular weight excluding hydrogens is 266 g/mol. The van der Waals surface area contributed by atoms with E-state index in [0.717, 1.165) is 13.1 Å². The molecule has 4 heteroatoms. The molecule has 20 heavy (non-hydrogen) atoms. The number of nitrogens with one attached hydrogen (secondary N) is 1. The molecule has 3 nitrogen and oxygen atoms in total. The minimum atomic E-state index is 0.126. The van der Waals surface area contributed by atoms with Crippen molar-refractivity contribution in [2.24, 2.45) is 0 Å². The summed E-state index contributed by atoms with van der Waals surface area (Å²) in [6.07, 6.45) is 3.86. The van der Waals surface area contributed by atoms with Crippen molar-refractivity contribution in [3.05, 3.63) is 10.6 Å². The highest BCUT2D eigenvalue weighted by Crippen LogP contribution is 2.37. The SMILES string of the molecule is CCNCc1sc(N2CCCC2CC)nc1C(C)(C)C. The smallest absolute Gasteiger partial charge is 0.186 e. The van der Waals surface area contributed by atoms with Crippen LogP contribution in [0.25, 0.3) is 0 Å². The number of aromatic nitrogens is 1. The molecule has 1 atom stereocenters. The lowest BCUT2D eigenvalue weighted by Crippen LogP contribution is -2.28. The van der Waals surface area contributed by atoms with Gasteiger partial charge in [-0.3, -0.25) is 0 Å². The Bertz CT molecular complexity index is 433. The normalized spacial score (nSPS) is 19.9. The Morgan fingerprint density at radius 1 is 1.35 bits per heavy atom. The molecule has 0 aromatic carbocycles. The fraction of sp³-hybridized carbons (Fsp3) is 0.812. The molecule has 2 heterocycles. The van der Waals surface area contributed by atoms with Crippen LogP contribution in [0.2, 0.25) is 0 Å². The van der Waals surface area contributed by atoms with Crippen LogP contribution in [0.4, 0.5) is 5.13 Å². The molecule has 114 valence electrons. The van der Waals surface area contributed by atoms with Crippen molar-refractivity contribution in [2.45, 2.75) is 71.9 Å². The van der Waals surface area contributed by atoms with Crippen molar-refractivity contribution in [1.82, 2.24) is 10.3 Å². The molecule has 1 N–H and O–H groups in total. The van der Waals surface area contributed by atoms with E-state index in [2.05, 4.69) is 44.8 Å². The summed E-state index contributed by atoms with van der Waals surface area (Å²) in [7, 11) is 0. The molecule has 0 amide bonds. The maximum Gasteiger partial charge on any atom is 0.186 e. The van der Waals surface area contributed by atoms with E-state index in [-0.39, 0.29) is 5.41 Å². The molecule has 1 aliphatic rings. The van der Waals surface area contributed by atoms with E-state index in [1.54, 1.807) is 0 Å². The predicted molar refractivity (Wildman–Crippen MR) is 88.9 cm³/mol. The second-order valence-corrected chi connectivity index (χ2v) is 7.76. The first-order chi connectivity index (χ1) is 9.47. The van der Waals surface area contributed by atoms with Crippen molar-refractivity contribution in [2.75, 3.05) is 18.0 Å². The number of anilines is 1. The number of nitrogens with zero attached hydrogens (tertiary/aromatic N) is 2. The molecular formula is C16H29N3S. The maximum atomic E-state index is 5.02. The standard InChI is InChI=1S/C16H29N3S/c1-6-12-9-8-10-19(12)15-18-14(16(3,4)5)13(20-15)11-17-7-2/h12,17H,6-11H2,1-5H3. The number of thiazole rings is 1. The second-order valence-electron chi connectivity index (χ2n) is 6.70. The molecule has 1 aromatic rings. The average Bonchev–Trinajstić information content (AvgIpc) is 3.01. The molecule has 0 saturated carbocycles. The largest absolute Gasteiger partial charge is 0.345 e. The van der Waals surface area contributed by atoms with Crippen molar-refractivity contribution < 1.29 is 0 Å². The van der Waals surface area contributed by atoms with E-state index >= 15 is 0 Å². The van der Waals surface area contributed by atoms with E-state index in [0.29, 0.717) is 6.04 Å². The highest BCUT2D eigenvalue weighted by atomic mass is 32.1. The van der Waals surface area contributed by atoms with Gasteiger partial charge < -0.3 is 10.2 Å². The molecule has 1 saturated heterocycles. The second kappa shape index (κ2) is 6.44. The summed E-state index contributed by atoms with van der Waals surface area (Å²) in [5.41, 5.74) is 1.40. The summed E-state index contributed by atoms with van der Waals surface area (Å²) in [4.78, 5) is 8.97. The van der Waals surface area contributed by atoms with Crippen LogP contribution in [0.15, 0.2) is 0 Å². The summed E-state index contributed by atoms with van der Waals surface area (Å²) in [6.45, 7) is 14.4. The molecule has 0 spiro atoms.